The number of carbonyl (C=O) groups is 1. The SMILES string of the molecule is CCOCC1CCCN(C(=O)Cc2ccc(OC)c(OC)c2)C1. The van der Waals surface area contributed by atoms with E-state index in [2.05, 4.69) is 0 Å². The summed E-state index contributed by atoms with van der Waals surface area (Å²) in [6.07, 6.45) is 2.58. The predicted molar refractivity (Wildman–Crippen MR) is 89.0 cm³/mol. The molecule has 1 unspecified atom stereocenters. The highest BCUT2D eigenvalue weighted by atomic mass is 16.5. The molecule has 1 aromatic carbocycles. The standard InChI is InChI=1S/C18H27NO4/c1-4-23-13-15-6-5-9-19(12-15)18(20)11-14-7-8-16(21-2)17(10-14)22-3/h7-8,10,15H,4-6,9,11-13H2,1-3H3. The monoisotopic (exact) mass is 321 g/mol. The largest absolute Gasteiger partial charge is 0.493 e. The van der Waals surface area contributed by atoms with Crippen molar-refractivity contribution >= 4 is 5.91 Å². The molecule has 0 saturated carbocycles. The van der Waals surface area contributed by atoms with Crippen LogP contribution in [-0.4, -0.2) is 51.3 Å². The first-order chi connectivity index (χ1) is 11.2. The van der Waals surface area contributed by atoms with Crippen LogP contribution in [0.3, 0.4) is 0 Å². The lowest BCUT2D eigenvalue weighted by atomic mass is 9.98. The van der Waals surface area contributed by atoms with E-state index in [1.54, 1.807) is 14.2 Å². The molecule has 0 radical (unpaired) electrons. The number of piperidine rings is 1. The van der Waals surface area contributed by atoms with Crippen LogP contribution >= 0.6 is 0 Å². The smallest absolute Gasteiger partial charge is 0.227 e. The third kappa shape index (κ3) is 4.86. The van der Waals surface area contributed by atoms with E-state index in [9.17, 15) is 4.79 Å². The van der Waals surface area contributed by atoms with Crippen molar-refractivity contribution in [3.05, 3.63) is 23.8 Å². The zero-order chi connectivity index (χ0) is 16.7. The van der Waals surface area contributed by atoms with Crippen molar-refractivity contribution in [2.24, 2.45) is 5.92 Å². The Kier molecular flexibility index (Phi) is 6.71. The zero-order valence-electron chi connectivity index (χ0n) is 14.3. The van der Waals surface area contributed by atoms with Gasteiger partial charge in [-0.2, -0.15) is 0 Å². The molecule has 0 aromatic heterocycles. The van der Waals surface area contributed by atoms with Gasteiger partial charge in [-0.1, -0.05) is 6.07 Å². The first-order valence-electron chi connectivity index (χ1n) is 8.24. The summed E-state index contributed by atoms with van der Waals surface area (Å²) in [5.74, 6) is 1.96. The highest BCUT2D eigenvalue weighted by Crippen LogP contribution is 2.28. The normalized spacial score (nSPS) is 17.9. The summed E-state index contributed by atoms with van der Waals surface area (Å²) in [5, 5.41) is 0. The number of nitrogens with zero attached hydrogens (tertiary/aromatic N) is 1. The van der Waals surface area contributed by atoms with Crippen LogP contribution in [0.4, 0.5) is 0 Å². The van der Waals surface area contributed by atoms with Crippen LogP contribution < -0.4 is 9.47 Å². The molecule has 1 saturated heterocycles. The summed E-state index contributed by atoms with van der Waals surface area (Å²) >= 11 is 0. The Morgan fingerprint density at radius 1 is 1.26 bits per heavy atom. The number of likely N-dealkylation sites (tertiary alicyclic amines) is 1. The summed E-state index contributed by atoms with van der Waals surface area (Å²) in [5.41, 5.74) is 0.944. The topological polar surface area (TPSA) is 48.0 Å². The number of benzene rings is 1. The van der Waals surface area contributed by atoms with Gasteiger partial charge in [0.1, 0.15) is 0 Å². The fraction of sp³-hybridized carbons (Fsp3) is 0.611. The second-order valence-corrected chi connectivity index (χ2v) is 5.87. The van der Waals surface area contributed by atoms with Crippen LogP contribution in [0.2, 0.25) is 0 Å². The minimum absolute atomic E-state index is 0.165. The number of methoxy groups -OCH3 is 2. The van der Waals surface area contributed by atoms with E-state index in [-0.39, 0.29) is 5.91 Å². The van der Waals surface area contributed by atoms with E-state index in [4.69, 9.17) is 14.2 Å². The molecule has 0 aliphatic carbocycles. The number of ether oxygens (including phenoxy) is 3. The molecule has 2 rings (SSSR count). The maximum atomic E-state index is 12.6. The number of rotatable bonds is 7. The van der Waals surface area contributed by atoms with Crippen molar-refractivity contribution in [2.75, 3.05) is 40.5 Å². The molecule has 0 spiro atoms. The van der Waals surface area contributed by atoms with E-state index in [0.717, 1.165) is 44.7 Å². The van der Waals surface area contributed by atoms with Crippen molar-refractivity contribution in [1.82, 2.24) is 4.90 Å². The highest BCUT2D eigenvalue weighted by molar-refractivity contribution is 5.79. The third-order valence-electron chi connectivity index (χ3n) is 4.23. The van der Waals surface area contributed by atoms with Crippen LogP contribution in [-0.2, 0) is 16.0 Å². The Bertz CT molecular complexity index is 518. The molecule has 0 N–H and O–H groups in total. The lowest BCUT2D eigenvalue weighted by Gasteiger charge is -2.32. The molecule has 1 aliphatic rings. The summed E-state index contributed by atoms with van der Waals surface area (Å²) in [7, 11) is 3.21. The van der Waals surface area contributed by atoms with Gasteiger partial charge in [-0.05, 0) is 43.4 Å². The van der Waals surface area contributed by atoms with Gasteiger partial charge in [-0.3, -0.25) is 4.79 Å². The van der Waals surface area contributed by atoms with Gasteiger partial charge >= 0.3 is 0 Å². The summed E-state index contributed by atoms with van der Waals surface area (Å²) < 4.78 is 16.0. The highest BCUT2D eigenvalue weighted by Gasteiger charge is 2.23. The van der Waals surface area contributed by atoms with Crippen LogP contribution in [0.5, 0.6) is 11.5 Å². The van der Waals surface area contributed by atoms with Gasteiger partial charge in [-0.25, -0.2) is 0 Å². The Morgan fingerprint density at radius 3 is 2.74 bits per heavy atom. The van der Waals surface area contributed by atoms with E-state index in [0.29, 0.717) is 23.8 Å². The van der Waals surface area contributed by atoms with Crippen molar-refractivity contribution in [3.8, 4) is 11.5 Å². The van der Waals surface area contributed by atoms with Crippen molar-refractivity contribution in [3.63, 3.8) is 0 Å². The summed E-state index contributed by atoms with van der Waals surface area (Å²) in [6.45, 7) is 5.12. The van der Waals surface area contributed by atoms with Gasteiger partial charge in [0, 0.05) is 19.7 Å². The van der Waals surface area contributed by atoms with Gasteiger partial charge in [0.2, 0.25) is 5.91 Å². The molecule has 128 valence electrons. The van der Waals surface area contributed by atoms with E-state index in [1.807, 2.05) is 30.0 Å². The molecule has 1 aliphatic heterocycles. The maximum Gasteiger partial charge on any atom is 0.227 e. The summed E-state index contributed by atoms with van der Waals surface area (Å²) in [4.78, 5) is 14.5. The first-order valence-corrected chi connectivity index (χ1v) is 8.24. The number of amides is 1. The molecule has 23 heavy (non-hydrogen) atoms. The number of carbonyl (C=O) groups excluding carboxylic acids is 1. The Hall–Kier alpha value is -1.75. The molecule has 1 amide bonds. The van der Waals surface area contributed by atoms with Gasteiger partial charge < -0.3 is 19.1 Å². The fourth-order valence-corrected chi connectivity index (χ4v) is 2.99. The van der Waals surface area contributed by atoms with Gasteiger partial charge in [0.25, 0.3) is 0 Å². The van der Waals surface area contributed by atoms with Gasteiger partial charge in [0.15, 0.2) is 11.5 Å². The molecule has 1 atom stereocenters. The number of hydrogen-bond acceptors (Lipinski definition) is 4. The van der Waals surface area contributed by atoms with E-state index < -0.39 is 0 Å². The van der Waals surface area contributed by atoms with Crippen LogP contribution in [0.1, 0.15) is 25.3 Å². The van der Waals surface area contributed by atoms with Crippen LogP contribution in [0.25, 0.3) is 0 Å². The lowest BCUT2D eigenvalue weighted by Crippen LogP contribution is -2.42. The molecule has 1 heterocycles. The van der Waals surface area contributed by atoms with E-state index >= 15 is 0 Å². The van der Waals surface area contributed by atoms with Crippen molar-refractivity contribution < 1.29 is 19.0 Å². The minimum Gasteiger partial charge on any atom is -0.493 e. The molecule has 5 nitrogen and oxygen atoms in total. The average Bonchev–Trinajstić information content (AvgIpc) is 2.60. The minimum atomic E-state index is 0.165. The number of hydrogen-bond donors (Lipinski definition) is 0. The Labute approximate surface area is 138 Å². The van der Waals surface area contributed by atoms with E-state index in [1.165, 1.54) is 0 Å². The average molecular weight is 321 g/mol. The Morgan fingerprint density at radius 2 is 2.04 bits per heavy atom. The molecule has 1 fully saturated rings. The summed E-state index contributed by atoms with van der Waals surface area (Å²) in [6, 6.07) is 5.63. The fourth-order valence-electron chi connectivity index (χ4n) is 2.99. The molecule has 0 bridgehead atoms. The lowest BCUT2D eigenvalue weighted by molar-refractivity contribution is -0.132. The van der Waals surface area contributed by atoms with Crippen molar-refractivity contribution in [2.45, 2.75) is 26.2 Å². The van der Waals surface area contributed by atoms with Crippen molar-refractivity contribution in [1.29, 1.82) is 0 Å². The van der Waals surface area contributed by atoms with Gasteiger partial charge in [-0.15, -0.1) is 0 Å². The molecular formula is C18H27NO4. The second-order valence-electron chi connectivity index (χ2n) is 5.87. The molecule has 5 heteroatoms. The van der Waals surface area contributed by atoms with Crippen LogP contribution in [0.15, 0.2) is 18.2 Å². The zero-order valence-corrected chi connectivity index (χ0v) is 14.3. The Balaban J connectivity index is 1.95. The van der Waals surface area contributed by atoms with Gasteiger partial charge in [0.05, 0.1) is 27.2 Å². The quantitative estimate of drug-likeness (QED) is 0.774. The van der Waals surface area contributed by atoms with Crippen LogP contribution in [0, 0.1) is 5.92 Å². The molecular weight excluding hydrogens is 294 g/mol. The predicted octanol–water partition coefficient (Wildman–Crippen LogP) is 2.52. The first kappa shape index (κ1) is 17.6. The second kappa shape index (κ2) is 8.77. The third-order valence-corrected chi connectivity index (χ3v) is 4.23. The molecule has 1 aromatic rings. The maximum absolute atomic E-state index is 12.6.